The van der Waals surface area contributed by atoms with Gasteiger partial charge in [0.25, 0.3) is 0 Å². The molecule has 1 aromatic carbocycles. The SMILES string of the molecule is O=C(COC1CCOC2(C1)CN(Cc1cccc(F)c1)C2)N1CCCC1.O=C(O)C(F)(F)F. The lowest BCUT2D eigenvalue weighted by atomic mass is 9.84. The van der Waals surface area contributed by atoms with E-state index < -0.39 is 12.1 Å². The Bertz CT molecular complexity index is 823. The lowest BCUT2D eigenvalue weighted by Crippen LogP contribution is -2.65. The minimum absolute atomic E-state index is 0.0895. The Morgan fingerprint density at radius 1 is 1.21 bits per heavy atom. The summed E-state index contributed by atoms with van der Waals surface area (Å²) < 4.78 is 57.0. The number of hydrogen-bond acceptors (Lipinski definition) is 5. The van der Waals surface area contributed by atoms with Gasteiger partial charge in [-0.2, -0.15) is 13.2 Å². The first-order chi connectivity index (χ1) is 15.6. The number of hydrogen-bond donors (Lipinski definition) is 1. The second-order valence-corrected chi connectivity index (χ2v) is 8.62. The molecule has 0 aromatic heterocycles. The molecule has 0 aliphatic carbocycles. The lowest BCUT2D eigenvalue weighted by molar-refractivity contribution is -0.200. The molecule has 0 saturated carbocycles. The molecule has 184 valence electrons. The Morgan fingerprint density at radius 3 is 2.48 bits per heavy atom. The van der Waals surface area contributed by atoms with Crippen molar-refractivity contribution in [3.8, 4) is 0 Å². The number of halogens is 4. The third-order valence-electron chi connectivity index (χ3n) is 5.91. The number of nitrogens with zero attached hydrogens (tertiary/aromatic N) is 2. The number of carbonyl (C=O) groups is 2. The largest absolute Gasteiger partial charge is 0.490 e. The smallest absolute Gasteiger partial charge is 0.475 e. The van der Waals surface area contributed by atoms with Gasteiger partial charge in [-0.25, -0.2) is 9.18 Å². The number of benzene rings is 1. The van der Waals surface area contributed by atoms with Gasteiger partial charge in [0.15, 0.2) is 0 Å². The summed E-state index contributed by atoms with van der Waals surface area (Å²) in [6.07, 6.45) is -1.11. The molecule has 3 aliphatic rings. The van der Waals surface area contributed by atoms with E-state index in [2.05, 4.69) is 4.90 Å². The van der Waals surface area contributed by atoms with Crippen LogP contribution < -0.4 is 0 Å². The summed E-state index contributed by atoms with van der Waals surface area (Å²) in [4.78, 5) is 25.2. The summed E-state index contributed by atoms with van der Waals surface area (Å²) in [5, 5.41) is 7.12. The van der Waals surface area contributed by atoms with Crippen molar-refractivity contribution in [1.29, 1.82) is 0 Å². The number of amides is 1. The van der Waals surface area contributed by atoms with Gasteiger partial charge < -0.3 is 19.5 Å². The molecule has 3 aliphatic heterocycles. The second kappa shape index (κ2) is 10.8. The van der Waals surface area contributed by atoms with Crippen LogP contribution in [0.5, 0.6) is 0 Å². The van der Waals surface area contributed by atoms with Crippen LogP contribution in [0.2, 0.25) is 0 Å². The van der Waals surface area contributed by atoms with Gasteiger partial charge in [0, 0.05) is 45.8 Å². The molecule has 1 spiro atoms. The fourth-order valence-corrected chi connectivity index (χ4v) is 4.37. The summed E-state index contributed by atoms with van der Waals surface area (Å²) in [5.41, 5.74) is 0.826. The molecule has 3 saturated heterocycles. The molecule has 1 aromatic rings. The van der Waals surface area contributed by atoms with E-state index in [-0.39, 0.29) is 30.0 Å². The van der Waals surface area contributed by atoms with E-state index in [1.54, 1.807) is 12.1 Å². The molecule has 1 N–H and O–H groups in total. The zero-order chi connectivity index (χ0) is 24.1. The Morgan fingerprint density at radius 2 is 1.88 bits per heavy atom. The van der Waals surface area contributed by atoms with Crippen LogP contribution in [-0.2, 0) is 25.6 Å². The maximum Gasteiger partial charge on any atom is 0.490 e. The fourth-order valence-electron chi connectivity index (χ4n) is 4.37. The average Bonchev–Trinajstić information content (AvgIpc) is 3.26. The van der Waals surface area contributed by atoms with Crippen molar-refractivity contribution in [1.82, 2.24) is 9.80 Å². The first kappa shape index (κ1) is 25.4. The molecule has 0 bridgehead atoms. The number of aliphatic carboxylic acids is 1. The van der Waals surface area contributed by atoms with Crippen molar-refractivity contribution in [2.75, 3.05) is 39.4 Å². The number of likely N-dealkylation sites (tertiary alicyclic amines) is 2. The zero-order valence-electron chi connectivity index (χ0n) is 18.2. The van der Waals surface area contributed by atoms with Crippen molar-refractivity contribution in [2.45, 2.75) is 50.1 Å². The van der Waals surface area contributed by atoms with Gasteiger partial charge in [-0.3, -0.25) is 9.69 Å². The van der Waals surface area contributed by atoms with Gasteiger partial charge in [0.2, 0.25) is 5.91 Å². The highest BCUT2D eigenvalue weighted by Crippen LogP contribution is 2.36. The Balaban J connectivity index is 0.000000383. The van der Waals surface area contributed by atoms with Crippen molar-refractivity contribution in [3.63, 3.8) is 0 Å². The second-order valence-electron chi connectivity index (χ2n) is 8.62. The van der Waals surface area contributed by atoms with Gasteiger partial charge in [-0.1, -0.05) is 12.1 Å². The Labute approximate surface area is 189 Å². The number of carbonyl (C=O) groups excluding carboxylic acids is 1. The number of carboxylic acids is 1. The lowest BCUT2D eigenvalue weighted by Gasteiger charge is -2.53. The van der Waals surface area contributed by atoms with Crippen LogP contribution >= 0.6 is 0 Å². The summed E-state index contributed by atoms with van der Waals surface area (Å²) in [6, 6.07) is 6.75. The minimum Gasteiger partial charge on any atom is -0.475 e. The highest BCUT2D eigenvalue weighted by Gasteiger charge is 2.47. The van der Waals surface area contributed by atoms with E-state index in [0.717, 1.165) is 64.0 Å². The quantitative estimate of drug-likeness (QED) is 0.659. The van der Waals surface area contributed by atoms with Gasteiger partial charge in [0.1, 0.15) is 12.4 Å². The minimum atomic E-state index is -5.08. The third kappa shape index (κ3) is 7.38. The van der Waals surface area contributed by atoms with Crippen LogP contribution in [0, 0.1) is 5.82 Å². The molecule has 1 unspecified atom stereocenters. The molecule has 33 heavy (non-hydrogen) atoms. The molecule has 3 heterocycles. The van der Waals surface area contributed by atoms with Gasteiger partial charge in [-0.05, 0) is 37.0 Å². The number of ether oxygens (including phenoxy) is 2. The topological polar surface area (TPSA) is 79.3 Å². The molecule has 0 radical (unpaired) electrons. The van der Waals surface area contributed by atoms with E-state index in [4.69, 9.17) is 19.4 Å². The number of alkyl halides is 3. The fraction of sp³-hybridized carbons (Fsp3) is 0.636. The molecular formula is C22H28F4N2O5. The van der Waals surface area contributed by atoms with E-state index in [1.807, 2.05) is 11.0 Å². The molecular weight excluding hydrogens is 448 g/mol. The molecule has 1 atom stereocenters. The summed E-state index contributed by atoms with van der Waals surface area (Å²) in [7, 11) is 0. The first-order valence-corrected chi connectivity index (χ1v) is 10.9. The van der Waals surface area contributed by atoms with Crippen molar-refractivity contribution in [3.05, 3.63) is 35.6 Å². The molecule has 3 fully saturated rings. The standard InChI is InChI=1S/C20H27FN2O3.C2HF3O2/c21-17-5-3-4-16(10-17)12-22-14-20(15-22)11-18(6-9-26-20)25-13-19(24)23-7-1-2-8-23;3-2(4,5)1(6)7/h3-5,10,18H,1-2,6-9,11-15H2;(H,6,7). The van der Waals surface area contributed by atoms with Crippen LogP contribution in [0.15, 0.2) is 24.3 Å². The average molecular weight is 476 g/mol. The van der Waals surface area contributed by atoms with Gasteiger partial charge in [0.05, 0.1) is 11.7 Å². The Kier molecular flexibility index (Phi) is 8.30. The number of rotatable bonds is 5. The number of carboxylic acid groups (broad SMARTS) is 1. The van der Waals surface area contributed by atoms with E-state index >= 15 is 0 Å². The van der Waals surface area contributed by atoms with Crippen molar-refractivity contribution in [2.24, 2.45) is 0 Å². The normalized spacial score (nSPS) is 22.4. The van der Waals surface area contributed by atoms with Crippen molar-refractivity contribution >= 4 is 11.9 Å². The third-order valence-corrected chi connectivity index (χ3v) is 5.91. The highest BCUT2D eigenvalue weighted by atomic mass is 19.4. The maximum atomic E-state index is 13.3. The Hall–Kier alpha value is -2.24. The molecule has 11 heteroatoms. The van der Waals surface area contributed by atoms with E-state index in [0.29, 0.717) is 6.61 Å². The van der Waals surface area contributed by atoms with E-state index in [9.17, 15) is 22.4 Å². The van der Waals surface area contributed by atoms with Gasteiger partial charge >= 0.3 is 12.1 Å². The van der Waals surface area contributed by atoms with Crippen LogP contribution in [-0.4, -0.2) is 84.1 Å². The summed E-state index contributed by atoms with van der Waals surface area (Å²) in [6.45, 7) is 5.02. The van der Waals surface area contributed by atoms with Crippen LogP contribution in [0.3, 0.4) is 0 Å². The van der Waals surface area contributed by atoms with Crippen LogP contribution in [0.25, 0.3) is 0 Å². The predicted molar refractivity (Wildman–Crippen MR) is 109 cm³/mol. The van der Waals surface area contributed by atoms with Gasteiger partial charge in [-0.15, -0.1) is 0 Å². The summed E-state index contributed by atoms with van der Waals surface area (Å²) in [5.74, 6) is -2.83. The van der Waals surface area contributed by atoms with E-state index in [1.165, 1.54) is 6.07 Å². The first-order valence-electron chi connectivity index (χ1n) is 10.9. The molecule has 7 nitrogen and oxygen atoms in total. The molecule has 1 amide bonds. The monoisotopic (exact) mass is 476 g/mol. The van der Waals surface area contributed by atoms with Crippen molar-refractivity contribution < 1.29 is 41.7 Å². The highest BCUT2D eigenvalue weighted by molar-refractivity contribution is 5.77. The predicted octanol–water partition coefficient (Wildman–Crippen LogP) is 2.83. The zero-order valence-corrected chi connectivity index (χ0v) is 18.2. The maximum absolute atomic E-state index is 13.3. The molecule has 4 rings (SSSR count). The van der Waals surface area contributed by atoms with Crippen LogP contribution in [0.1, 0.15) is 31.2 Å². The van der Waals surface area contributed by atoms with Crippen LogP contribution in [0.4, 0.5) is 17.6 Å². The summed E-state index contributed by atoms with van der Waals surface area (Å²) >= 11 is 0.